The van der Waals surface area contributed by atoms with Crippen LogP contribution in [0.3, 0.4) is 0 Å². The first kappa shape index (κ1) is 18.4. The predicted octanol–water partition coefficient (Wildman–Crippen LogP) is 3.21. The van der Waals surface area contributed by atoms with Gasteiger partial charge < -0.3 is 24.3 Å². The zero-order chi connectivity index (χ0) is 18.4. The van der Waals surface area contributed by atoms with Gasteiger partial charge >= 0.3 is 0 Å². The van der Waals surface area contributed by atoms with E-state index >= 15 is 0 Å². The SMILES string of the molecule is COc1ccc(C)cc1NC(=O)Cc1cc(OC)c(OC)c(OC)c1. The molecule has 0 spiro atoms. The summed E-state index contributed by atoms with van der Waals surface area (Å²) in [5.41, 5.74) is 2.42. The Hall–Kier alpha value is -2.89. The first-order valence-electron chi connectivity index (χ1n) is 7.75. The topological polar surface area (TPSA) is 66.0 Å². The smallest absolute Gasteiger partial charge is 0.228 e. The number of hydrogen-bond acceptors (Lipinski definition) is 5. The molecule has 2 rings (SSSR count). The van der Waals surface area contributed by atoms with Crippen LogP contribution in [-0.2, 0) is 11.2 Å². The first-order valence-corrected chi connectivity index (χ1v) is 7.75. The zero-order valence-corrected chi connectivity index (χ0v) is 15.1. The highest BCUT2D eigenvalue weighted by molar-refractivity contribution is 5.94. The Morgan fingerprint density at radius 2 is 1.48 bits per heavy atom. The van der Waals surface area contributed by atoms with Crippen LogP contribution in [0.25, 0.3) is 0 Å². The lowest BCUT2D eigenvalue weighted by molar-refractivity contribution is -0.115. The quantitative estimate of drug-likeness (QED) is 0.835. The third-order valence-electron chi connectivity index (χ3n) is 3.72. The summed E-state index contributed by atoms with van der Waals surface area (Å²) in [6.07, 6.45) is 0.161. The van der Waals surface area contributed by atoms with Crippen LogP contribution in [0.15, 0.2) is 30.3 Å². The maximum atomic E-state index is 12.4. The van der Waals surface area contributed by atoms with Gasteiger partial charge in [0.05, 0.1) is 40.5 Å². The second kappa shape index (κ2) is 8.28. The number of anilines is 1. The van der Waals surface area contributed by atoms with Crippen LogP contribution in [0.2, 0.25) is 0 Å². The second-order valence-corrected chi connectivity index (χ2v) is 5.46. The van der Waals surface area contributed by atoms with E-state index in [0.29, 0.717) is 28.7 Å². The van der Waals surface area contributed by atoms with Crippen molar-refractivity contribution < 1.29 is 23.7 Å². The molecule has 0 aliphatic carbocycles. The van der Waals surface area contributed by atoms with E-state index in [-0.39, 0.29) is 12.3 Å². The van der Waals surface area contributed by atoms with Crippen LogP contribution in [0.4, 0.5) is 5.69 Å². The molecule has 1 amide bonds. The molecule has 2 aromatic rings. The van der Waals surface area contributed by atoms with Crippen molar-refractivity contribution in [3.05, 3.63) is 41.5 Å². The van der Waals surface area contributed by atoms with Gasteiger partial charge in [-0.05, 0) is 42.3 Å². The Kier molecular flexibility index (Phi) is 6.11. The largest absolute Gasteiger partial charge is 0.495 e. The molecule has 0 aliphatic heterocycles. The molecule has 0 aliphatic rings. The van der Waals surface area contributed by atoms with Crippen LogP contribution in [0.5, 0.6) is 23.0 Å². The summed E-state index contributed by atoms with van der Waals surface area (Å²) in [7, 11) is 6.19. The van der Waals surface area contributed by atoms with E-state index in [0.717, 1.165) is 11.1 Å². The monoisotopic (exact) mass is 345 g/mol. The fourth-order valence-corrected chi connectivity index (χ4v) is 2.54. The van der Waals surface area contributed by atoms with Gasteiger partial charge in [0.25, 0.3) is 0 Å². The molecule has 0 atom stereocenters. The van der Waals surface area contributed by atoms with Gasteiger partial charge in [-0.3, -0.25) is 4.79 Å². The van der Waals surface area contributed by atoms with Crippen molar-refractivity contribution in [3.8, 4) is 23.0 Å². The number of carbonyl (C=O) groups excluding carboxylic acids is 1. The summed E-state index contributed by atoms with van der Waals surface area (Å²) in [5.74, 6) is 1.96. The summed E-state index contributed by atoms with van der Waals surface area (Å²) in [6, 6.07) is 9.13. The Labute approximate surface area is 147 Å². The molecule has 0 radical (unpaired) electrons. The number of rotatable bonds is 7. The Balaban J connectivity index is 2.22. The zero-order valence-electron chi connectivity index (χ0n) is 15.1. The predicted molar refractivity (Wildman–Crippen MR) is 96.2 cm³/mol. The minimum Gasteiger partial charge on any atom is -0.495 e. The summed E-state index contributed by atoms with van der Waals surface area (Å²) in [6.45, 7) is 1.95. The van der Waals surface area contributed by atoms with Crippen LogP contribution in [-0.4, -0.2) is 34.3 Å². The van der Waals surface area contributed by atoms with Crippen molar-refractivity contribution in [1.29, 1.82) is 0 Å². The number of hydrogen-bond donors (Lipinski definition) is 1. The van der Waals surface area contributed by atoms with Gasteiger partial charge in [-0.2, -0.15) is 0 Å². The highest BCUT2D eigenvalue weighted by atomic mass is 16.5. The Morgan fingerprint density at radius 1 is 0.880 bits per heavy atom. The van der Waals surface area contributed by atoms with Gasteiger partial charge in [0, 0.05) is 0 Å². The molecule has 134 valence electrons. The van der Waals surface area contributed by atoms with Gasteiger partial charge in [0.1, 0.15) is 5.75 Å². The van der Waals surface area contributed by atoms with E-state index < -0.39 is 0 Å². The van der Waals surface area contributed by atoms with Crippen LogP contribution in [0, 0.1) is 6.92 Å². The Bertz CT molecular complexity index is 732. The fraction of sp³-hybridized carbons (Fsp3) is 0.316. The summed E-state index contributed by atoms with van der Waals surface area (Å²) in [5, 5.41) is 2.88. The Morgan fingerprint density at radius 3 is 2.00 bits per heavy atom. The van der Waals surface area contributed by atoms with E-state index in [9.17, 15) is 4.79 Å². The molecule has 0 fully saturated rings. The van der Waals surface area contributed by atoms with Gasteiger partial charge in [-0.15, -0.1) is 0 Å². The molecule has 0 bridgehead atoms. The second-order valence-electron chi connectivity index (χ2n) is 5.46. The number of methoxy groups -OCH3 is 4. The molecule has 0 saturated carbocycles. The molecule has 2 aromatic carbocycles. The maximum absolute atomic E-state index is 12.4. The number of amides is 1. The van der Waals surface area contributed by atoms with Crippen molar-refractivity contribution in [1.82, 2.24) is 0 Å². The summed E-state index contributed by atoms with van der Waals surface area (Å²) >= 11 is 0. The number of benzene rings is 2. The van der Waals surface area contributed by atoms with Crippen LogP contribution in [0.1, 0.15) is 11.1 Å². The van der Waals surface area contributed by atoms with Gasteiger partial charge in [0.2, 0.25) is 11.7 Å². The fourth-order valence-electron chi connectivity index (χ4n) is 2.54. The first-order chi connectivity index (χ1) is 12.0. The van der Waals surface area contributed by atoms with Gasteiger partial charge in [0.15, 0.2) is 11.5 Å². The summed E-state index contributed by atoms with van der Waals surface area (Å²) in [4.78, 5) is 12.4. The highest BCUT2D eigenvalue weighted by Gasteiger charge is 2.15. The van der Waals surface area contributed by atoms with Crippen molar-refractivity contribution in [2.45, 2.75) is 13.3 Å². The van der Waals surface area contributed by atoms with E-state index in [1.807, 2.05) is 25.1 Å². The summed E-state index contributed by atoms with van der Waals surface area (Å²) < 4.78 is 21.2. The molecule has 0 unspecified atom stereocenters. The third-order valence-corrected chi connectivity index (χ3v) is 3.72. The average molecular weight is 345 g/mol. The number of ether oxygens (including phenoxy) is 4. The molecule has 6 heteroatoms. The third kappa shape index (κ3) is 4.35. The van der Waals surface area contributed by atoms with E-state index in [2.05, 4.69) is 5.32 Å². The van der Waals surface area contributed by atoms with Crippen LogP contribution >= 0.6 is 0 Å². The molecule has 25 heavy (non-hydrogen) atoms. The molecule has 6 nitrogen and oxygen atoms in total. The van der Waals surface area contributed by atoms with E-state index in [1.165, 1.54) is 7.11 Å². The number of aryl methyl sites for hydroxylation is 1. The molecule has 1 N–H and O–H groups in total. The minimum absolute atomic E-state index is 0.161. The standard InChI is InChI=1S/C19H23NO5/c1-12-6-7-15(22-2)14(8-12)20-18(21)11-13-9-16(23-3)19(25-5)17(10-13)24-4/h6-10H,11H2,1-5H3,(H,20,21). The van der Waals surface area contributed by atoms with Crippen molar-refractivity contribution >= 4 is 11.6 Å². The lowest BCUT2D eigenvalue weighted by Gasteiger charge is -2.15. The maximum Gasteiger partial charge on any atom is 0.228 e. The molecular formula is C19H23NO5. The van der Waals surface area contributed by atoms with E-state index in [1.54, 1.807) is 33.5 Å². The number of carbonyl (C=O) groups is 1. The average Bonchev–Trinajstić information content (AvgIpc) is 2.60. The number of nitrogens with one attached hydrogen (secondary N) is 1. The van der Waals surface area contributed by atoms with E-state index in [4.69, 9.17) is 18.9 Å². The molecule has 0 saturated heterocycles. The molecular weight excluding hydrogens is 322 g/mol. The van der Waals surface area contributed by atoms with Crippen molar-refractivity contribution in [2.75, 3.05) is 33.8 Å². The lowest BCUT2D eigenvalue weighted by Crippen LogP contribution is -2.15. The van der Waals surface area contributed by atoms with Crippen molar-refractivity contribution in [3.63, 3.8) is 0 Å². The van der Waals surface area contributed by atoms with Gasteiger partial charge in [-0.25, -0.2) is 0 Å². The minimum atomic E-state index is -0.168. The molecule has 0 aromatic heterocycles. The lowest BCUT2D eigenvalue weighted by atomic mass is 10.1. The van der Waals surface area contributed by atoms with Crippen molar-refractivity contribution in [2.24, 2.45) is 0 Å². The van der Waals surface area contributed by atoms with Gasteiger partial charge in [-0.1, -0.05) is 6.07 Å². The highest BCUT2D eigenvalue weighted by Crippen LogP contribution is 2.38. The molecule has 0 heterocycles. The van der Waals surface area contributed by atoms with Crippen LogP contribution < -0.4 is 24.3 Å². The normalized spacial score (nSPS) is 10.1.